The molecule has 1 amide bonds. The van der Waals surface area contributed by atoms with E-state index < -0.39 is 0 Å². The summed E-state index contributed by atoms with van der Waals surface area (Å²) >= 11 is 0. The van der Waals surface area contributed by atoms with Gasteiger partial charge in [0.25, 0.3) is 0 Å². The number of hydrogen-bond donors (Lipinski definition) is 2. The summed E-state index contributed by atoms with van der Waals surface area (Å²) in [5.41, 5.74) is 0. The molecule has 0 aromatic rings. The summed E-state index contributed by atoms with van der Waals surface area (Å²) in [6.45, 7) is 12.6. The van der Waals surface area contributed by atoms with Gasteiger partial charge in [0.05, 0.1) is 6.04 Å². The van der Waals surface area contributed by atoms with Crippen molar-refractivity contribution in [1.29, 1.82) is 0 Å². The van der Waals surface area contributed by atoms with Crippen molar-refractivity contribution in [3.8, 4) is 0 Å². The van der Waals surface area contributed by atoms with Gasteiger partial charge in [-0.3, -0.25) is 9.69 Å². The first-order valence-corrected chi connectivity index (χ1v) is 7.25. The van der Waals surface area contributed by atoms with Crippen LogP contribution in [0.15, 0.2) is 0 Å². The summed E-state index contributed by atoms with van der Waals surface area (Å²) in [5, 5.41) is 6.51. The van der Waals surface area contributed by atoms with Gasteiger partial charge in [-0.15, -0.1) is 0 Å². The van der Waals surface area contributed by atoms with Crippen LogP contribution in [0.5, 0.6) is 0 Å². The van der Waals surface area contributed by atoms with Crippen LogP contribution < -0.4 is 10.6 Å². The van der Waals surface area contributed by atoms with Crippen molar-refractivity contribution >= 4 is 5.91 Å². The van der Waals surface area contributed by atoms with Crippen LogP contribution in [0.3, 0.4) is 0 Å². The molecule has 0 saturated carbocycles. The van der Waals surface area contributed by atoms with Crippen LogP contribution in [0.2, 0.25) is 0 Å². The molecule has 0 aromatic heterocycles. The van der Waals surface area contributed by atoms with Gasteiger partial charge in [-0.05, 0) is 44.7 Å². The highest BCUT2D eigenvalue weighted by molar-refractivity contribution is 5.81. The Hall–Kier alpha value is -0.610. The number of rotatable bonds is 4. The Labute approximate surface area is 110 Å². The minimum Gasteiger partial charge on any atom is -0.354 e. The van der Waals surface area contributed by atoms with Crippen molar-refractivity contribution in [3.05, 3.63) is 0 Å². The lowest BCUT2D eigenvalue weighted by Gasteiger charge is -2.29. The summed E-state index contributed by atoms with van der Waals surface area (Å²) in [6.07, 6.45) is 0. The number of fused-ring (bicyclic) bond motifs is 1. The van der Waals surface area contributed by atoms with Crippen LogP contribution in [-0.2, 0) is 4.79 Å². The quantitative estimate of drug-likeness (QED) is 0.775. The summed E-state index contributed by atoms with van der Waals surface area (Å²) in [7, 11) is 0. The van der Waals surface area contributed by atoms with Crippen LogP contribution in [-0.4, -0.2) is 49.1 Å². The predicted octanol–water partition coefficient (Wildman–Crippen LogP) is 0.687. The molecule has 18 heavy (non-hydrogen) atoms. The second kappa shape index (κ2) is 5.57. The van der Waals surface area contributed by atoms with Gasteiger partial charge < -0.3 is 10.6 Å². The lowest BCUT2D eigenvalue weighted by molar-refractivity contribution is -0.126. The molecule has 2 aliphatic heterocycles. The van der Waals surface area contributed by atoms with Crippen molar-refractivity contribution in [2.24, 2.45) is 17.8 Å². The Morgan fingerprint density at radius 3 is 2.72 bits per heavy atom. The maximum absolute atomic E-state index is 12.1. The van der Waals surface area contributed by atoms with Crippen molar-refractivity contribution in [1.82, 2.24) is 15.5 Å². The number of carbonyl (C=O) groups excluding carboxylic acids is 1. The van der Waals surface area contributed by atoms with Crippen molar-refractivity contribution < 1.29 is 4.79 Å². The van der Waals surface area contributed by atoms with Gasteiger partial charge in [0.1, 0.15) is 0 Å². The lowest BCUT2D eigenvalue weighted by atomic mass is 9.95. The molecule has 4 nitrogen and oxygen atoms in total. The topological polar surface area (TPSA) is 44.4 Å². The molecule has 0 aromatic carbocycles. The number of hydrogen-bond acceptors (Lipinski definition) is 3. The lowest BCUT2D eigenvalue weighted by Crippen LogP contribution is -2.48. The first kappa shape index (κ1) is 13.8. The second-order valence-corrected chi connectivity index (χ2v) is 6.33. The number of nitrogens with zero attached hydrogens (tertiary/aromatic N) is 1. The maximum atomic E-state index is 12.1. The predicted molar refractivity (Wildman–Crippen MR) is 73.3 cm³/mol. The molecule has 0 aliphatic carbocycles. The average Bonchev–Trinajstić information content (AvgIpc) is 2.88. The third-order valence-corrected chi connectivity index (χ3v) is 4.54. The van der Waals surface area contributed by atoms with Gasteiger partial charge in [-0.1, -0.05) is 13.8 Å². The van der Waals surface area contributed by atoms with Gasteiger partial charge in [-0.2, -0.15) is 0 Å². The summed E-state index contributed by atoms with van der Waals surface area (Å²) < 4.78 is 0. The van der Waals surface area contributed by atoms with E-state index in [0.29, 0.717) is 12.0 Å². The van der Waals surface area contributed by atoms with Crippen molar-refractivity contribution in [2.45, 2.75) is 39.8 Å². The Morgan fingerprint density at radius 1 is 1.39 bits per heavy atom. The molecule has 2 rings (SSSR count). The number of amides is 1. The fraction of sp³-hybridized carbons (Fsp3) is 0.929. The van der Waals surface area contributed by atoms with Crippen molar-refractivity contribution in [2.75, 3.05) is 26.2 Å². The molecule has 4 heteroatoms. The van der Waals surface area contributed by atoms with E-state index >= 15 is 0 Å². The summed E-state index contributed by atoms with van der Waals surface area (Å²) in [5.74, 6) is 2.16. The fourth-order valence-corrected chi connectivity index (χ4v) is 3.31. The third-order valence-electron chi connectivity index (χ3n) is 4.54. The van der Waals surface area contributed by atoms with E-state index in [-0.39, 0.29) is 11.9 Å². The Bertz CT molecular complexity index is 305. The summed E-state index contributed by atoms with van der Waals surface area (Å²) in [6, 6.07) is 0.522. The molecule has 2 fully saturated rings. The molecule has 0 bridgehead atoms. The van der Waals surface area contributed by atoms with E-state index in [1.807, 2.05) is 6.92 Å². The highest BCUT2D eigenvalue weighted by Crippen LogP contribution is 2.33. The molecular weight excluding hydrogens is 226 g/mol. The van der Waals surface area contributed by atoms with Gasteiger partial charge >= 0.3 is 0 Å². The van der Waals surface area contributed by atoms with E-state index in [2.05, 4.69) is 36.3 Å². The largest absolute Gasteiger partial charge is 0.354 e. The van der Waals surface area contributed by atoms with E-state index in [0.717, 1.165) is 38.0 Å². The first-order valence-electron chi connectivity index (χ1n) is 7.25. The van der Waals surface area contributed by atoms with E-state index in [9.17, 15) is 4.79 Å². The minimum absolute atomic E-state index is 0.00403. The molecule has 2 N–H and O–H groups in total. The molecule has 4 atom stereocenters. The Balaban J connectivity index is 1.89. The number of carbonyl (C=O) groups is 1. The molecule has 0 radical (unpaired) electrons. The zero-order valence-electron chi connectivity index (χ0n) is 12.1. The molecule has 2 heterocycles. The van der Waals surface area contributed by atoms with Crippen LogP contribution in [0.1, 0.15) is 27.7 Å². The van der Waals surface area contributed by atoms with Gasteiger partial charge in [-0.25, -0.2) is 0 Å². The monoisotopic (exact) mass is 253 g/mol. The normalized spacial score (nSPS) is 33.7. The second-order valence-electron chi connectivity index (χ2n) is 6.33. The fourth-order valence-electron chi connectivity index (χ4n) is 3.31. The zero-order chi connectivity index (χ0) is 13.3. The molecule has 2 aliphatic rings. The Kier molecular flexibility index (Phi) is 4.28. The van der Waals surface area contributed by atoms with Crippen LogP contribution >= 0.6 is 0 Å². The van der Waals surface area contributed by atoms with Gasteiger partial charge in [0, 0.05) is 19.1 Å². The molecule has 4 unspecified atom stereocenters. The molecular formula is C14H27N3O. The van der Waals surface area contributed by atoms with Gasteiger partial charge in [0.15, 0.2) is 0 Å². The zero-order valence-corrected chi connectivity index (χ0v) is 12.1. The average molecular weight is 253 g/mol. The molecule has 104 valence electrons. The number of nitrogens with one attached hydrogen (secondary N) is 2. The maximum Gasteiger partial charge on any atom is 0.237 e. The van der Waals surface area contributed by atoms with Crippen LogP contribution in [0, 0.1) is 17.8 Å². The highest BCUT2D eigenvalue weighted by Gasteiger charge is 2.44. The standard InChI is InChI=1S/C14H27N3O/c1-9(2)5-16-14(18)11(4)17-8-12-6-15-7-13(12)10(17)3/h9-13,15H,5-8H2,1-4H3,(H,16,18). The minimum atomic E-state index is 0.00403. The van der Waals surface area contributed by atoms with E-state index in [1.165, 1.54) is 0 Å². The Morgan fingerprint density at radius 2 is 2.11 bits per heavy atom. The molecule has 0 spiro atoms. The smallest absolute Gasteiger partial charge is 0.237 e. The van der Waals surface area contributed by atoms with E-state index in [1.54, 1.807) is 0 Å². The molecule has 2 saturated heterocycles. The SMILES string of the molecule is CC(C)CNC(=O)C(C)N1CC2CNCC2C1C. The first-order chi connectivity index (χ1) is 8.50. The van der Waals surface area contributed by atoms with Crippen LogP contribution in [0.4, 0.5) is 0 Å². The van der Waals surface area contributed by atoms with Crippen molar-refractivity contribution in [3.63, 3.8) is 0 Å². The van der Waals surface area contributed by atoms with Crippen LogP contribution in [0.25, 0.3) is 0 Å². The summed E-state index contributed by atoms with van der Waals surface area (Å²) in [4.78, 5) is 14.5. The number of likely N-dealkylation sites (tertiary alicyclic amines) is 1. The highest BCUT2D eigenvalue weighted by atomic mass is 16.2. The van der Waals surface area contributed by atoms with E-state index in [4.69, 9.17) is 0 Å². The third kappa shape index (κ3) is 2.69. The van der Waals surface area contributed by atoms with Gasteiger partial charge in [0.2, 0.25) is 5.91 Å².